The van der Waals surface area contributed by atoms with Crippen molar-refractivity contribution in [1.82, 2.24) is 4.98 Å². The van der Waals surface area contributed by atoms with Gasteiger partial charge in [-0.1, -0.05) is 0 Å². The van der Waals surface area contributed by atoms with Gasteiger partial charge in [-0.2, -0.15) is 11.8 Å². The van der Waals surface area contributed by atoms with Crippen LogP contribution in [0.2, 0.25) is 0 Å². The van der Waals surface area contributed by atoms with Crippen LogP contribution in [0.5, 0.6) is 0 Å². The van der Waals surface area contributed by atoms with Crippen LogP contribution in [0.1, 0.15) is 12.8 Å². The van der Waals surface area contributed by atoms with E-state index in [1.807, 2.05) is 18.0 Å². The van der Waals surface area contributed by atoms with Gasteiger partial charge in [0.15, 0.2) is 0 Å². The summed E-state index contributed by atoms with van der Waals surface area (Å²) in [6.07, 6.45) is 6.76. The molecule has 1 saturated carbocycles. The molecule has 0 atom stereocenters. The van der Waals surface area contributed by atoms with Crippen LogP contribution < -0.4 is 5.32 Å². The Morgan fingerprint density at radius 2 is 2.38 bits per heavy atom. The number of rotatable bonds is 4. The first-order valence-corrected chi connectivity index (χ1v) is 7.55. The summed E-state index contributed by atoms with van der Waals surface area (Å²) >= 11 is 3.75. The third-order valence-electron chi connectivity index (χ3n) is 3.20. The van der Waals surface area contributed by atoms with Crippen molar-refractivity contribution in [3.05, 3.63) is 23.7 Å². The normalized spacial score (nSPS) is 17.6. The zero-order valence-electron chi connectivity index (χ0n) is 9.19. The van der Waals surface area contributed by atoms with Crippen molar-refractivity contribution in [3.63, 3.8) is 0 Å². The Labute approximate surface area is 103 Å². The zero-order valence-corrected chi connectivity index (χ0v) is 10.8. The molecule has 84 valence electrons. The fourth-order valence-electron chi connectivity index (χ4n) is 1.87. The van der Waals surface area contributed by atoms with E-state index >= 15 is 0 Å². The van der Waals surface area contributed by atoms with E-state index in [9.17, 15) is 0 Å². The molecule has 2 heterocycles. The largest absolute Gasteiger partial charge is 0.368 e. The summed E-state index contributed by atoms with van der Waals surface area (Å²) in [5.41, 5.74) is 0. The lowest BCUT2D eigenvalue weighted by Crippen LogP contribution is -2.18. The minimum absolute atomic E-state index is 0.486. The molecule has 0 aliphatic heterocycles. The fraction of sp³-hybridized carbons (Fsp3) is 0.417. The van der Waals surface area contributed by atoms with E-state index in [0.717, 1.165) is 12.4 Å². The average molecular weight is 250 g/mol. The number of pyridine rings is 1. The van der Waals surface area contributed by atoms with Gasteiger partial charge in [-0.3, -0.25) is 0 Å². The molecule has 1 aliphatic carbocycles. The Morgan fingerprint density at radius 1 is 1.50 bits per heavy atom. The standard InChI is InChI=1S/C12H14N2S2/c1-15-12(4-5-12)8-14-11-9-3-7-16-10(9)2-6-13-11/h2-3,6-7H,4-5,8H2,1H3,(H,13,14). The summed E-state index contributed by atoms with van der Waals surface area (Å²) < 4.78 is 1.80. The van der Waals surface area contributed by atoms with Crippen molar-refractivity contribution in [2.24, 2.45) is 0 Å². The van der Waals surface area contributed by atoms with Gasteiger partial charge >= 0.3 is 0 Å². The van der Waals surface area contributed by atoms with Gasteiger partial charge in [-0.25, -0.2) is 4.98 Å². The SMILES string of the molecule is CSC1(CNc2nccc3sccc23)CC1. The second-order valence-electron chi connectivity index (χ2n) is 4.23. The Hall–Kier alpha value is -0.740. The number of thioether (sulfide) groups is 1. The van der Waals surface area contributed by atoms with Gasteiger partial charge in [0.1, 0.15) is 5.82 Å². The number of thiophene rings is 1. The molecule has 2 aromatic heterocycles. The molecule has 2 aromatic rings. The van der Waals surface area contributed by atoms with E-state index in [1.165, 1.54) is 22.9 Å². The Bertz CT molecular complexity index is 502. The van der Waals surface area contributed by atoms with Gasteiger partial charge in [-0.05, 0) is 36.6 Å². The number of anilines is 1. The number of nitrogens with zero attached hydrogens (tertiary/aromatic N) is 1. The number of hydrogen-bond donors (Lipinski definition) is 1. The average Bonchev–Trinajstić information content (AvgIpc) is 2.94. The summed E-state index contributed by atoms with van der Waals surface area (Å²) in [6.45, 7) is 1.04. The highest BCUT2D eigenvalue weighted by Gasteiger charge is 2.41. The van der Waals surface area contributed by atoms with Crippen LogP contribution in [0.4, 0.5) is 5.82 Å². The molecule has 0 saturated heterocycles. The van der Waals surface area contributed by atoms with Gasteiger partial charge in [-0.15, -0.1) is 11.3 Å². The van der Waals surface area contributed by atoms with Gasteiger partial charge in [0, 0.05) is 27.6 Å². The quantitative estimate of drug-likeness (QED) is 0.897. The molecule has 0 spiro atoms. The van der Waals surface area contributed by atoms with Crippen molar-refractivity contribution in [2.45, 2.75) is 17.6 Å². The first-order chi connectivity index (χ1) is 7.83. The summed E-state index contributed by atoms with van der Waals surface area (Å²) in [4.78, 5) is 4.43. The first kappa shape index (κ1) is 10.4. The molecule has 0 bridgehead atoms. The maximum Gasteiger partial charge on any atom is 0.134 e. The van der Waals surface area contributed by atoms with Crippen LogP contribution >= 0.6 is 23.1 Å². The minimum atomic E-state index is 0.486. The first-order valence-electron chi connectivity index (χ1n) is 5.44. The highest BCUT2D eigenvalue weighted by atomic mass is 32.2. The van der Waals surface area contributed by atoms with E-state index in [0.29, 0.717) is 4.75 Å². The molecule has 1 N–H and O–H groups in total. The molecule has 2 nitrogen and oxygen atoms in total. The molecule has 0 radical (unpaired) electrons. The molecule has 16 heavy (non-hydrogen) atoms. The van der Waals surface area contributed by atoms with E-state index < -0.39 is 0 Å². The van der Waals surface area contributed by atoms with Gasteiger partial charge in [0.05, 0.1) is 0 Å². The zero-order chi connectivity index (χ0) is 11.0. The number of aromatic nitrogens is 1. The van der Waals surface area contributed by atoms with Crippen LogP contribution in [0.3, 0.4) is 0 Å². The van der Waals surface area contributed by atoms with E-state index in [-0.39, 0.29) is 0 Å². The van der Waals surface area contributed by atoms with Gasteiger partial charge in [0.2, 0.25) is 0 Å². The van der Waals surface area contributed by atoms with Gasteiger partial charge in [0.25, 0.3) is 0 Å². The monoisotopic (exact) mass is 250 g/mol. The lowest BCUT2D eigenvalue weighted by Gasteiger charge is -2.13. The van der Waals surface area contributed by atoms with E-state index in [4.69, 9.17) is 0 Å². The summed E-state index contributed by atoms with van der Waals surface area (Å²) in [7, 11) is 0. The number of fused-ring (bicyclic) bond motifs is 1. The van der Waals surface area contributed by atoms with Crippen molar-refractivity contribution < 1.29 is 0 Å². The summed E-state index contributed by atoms with van der Waals surface area (Å²) in [6, 6.07) is 4.22. The molecular formula is C12H14N2S2. The van der Waals surface area contributed by atoms with Crippen molar-refractivity contribution in [3.8, 4) is 0 Å². The highest BCUT2D eigenvalue weighted by Crippen LogP contribution is 2.47. The summed E-state index contributed by atoms with van der Waals surface area (Å²) in [5, 5.41) is 6.88. The molecule has 3 rings (SSSR count). The maximum atomic E-state index is 4.43. The predicted molar refractivity (Wildman–Crippen MR) is 73.6 cm³/mol. The number of nitrogens with one attached hydrogen (secondary N) is 1. The lowest BCUT2D eigenvalue weighted by atomic mass is 10.3. The van der Waals surface area contributed by atoms with Crippen LogP contribution in [0.25, 0.3) is 10.1 Å². The fourth-order valence-corrected chi connectivity index (χ4v) is 3.38. The molecule has 0 amide bonds. The molecule has 0 aromatic carbocycles. The molecule has 1 fully saturated rings. The Kier molecular flexibility index (Phi) is 2.56. The Morgan fingerprint density at radius 3 is 3.12 bits per heavy atom. The van der Waals surface area contributed by atoms with E-state index in [2.05, 4.69) is 34.1 Å². The summed E-state index contributed by atoms with van der Waals surface area (Å²) in [5.74, 6) is 1.04. The van der Waals surface area contributed by atoms with Crippen molar-refractivity contribution in [2.75, 3.05) is 18.1 Å². The molecule has 0 unspecified atom stereocenters. The molecule has 4 heteroatoms. The second-order valence-corrected chi connectivity index (χ2v) is 6.45. The molecule has 1 aliphatic rings. The lowest BCUT2D eigenvalue weighted by molar-refractivity contribution is 0.943. The van der Waals surface area contributed by atoms with E-state index in [1.54, 1.807) is 11.3 Å². The number of hydrogen-bond acceptors (Lipinski definition) is 4. The topological polar surface area (TPSA) is 24.9 Å². The van der Waals surface area contributed by atoms with Crippen molar-refractivity contribution in [1.29, 1.82) is 0 Å². The maximum absolute atomic E-state index is 4.43. The van der Waals surface area contributed by atoms with Crippen molar-refractivity contribution >= 4 is 39.0 Å². The van der Waals surface area contributed by atoms with Crippen LogP contribution in [-0.4, -0.2) is 22.5 Å². The Balaban J connectivity index is 1.81. The van der Waals surface area contributed by atoms with Crippen LogP contribution in [-0.2, 0) is 0 Å². The van der Waals surface area contributed by atoms with Crippen LogP contribution in [0, 0.1) is 0 Å². The van der Waals surface area contributed by atoms with Gasteiger partial charge < -0.3 is 5.32 Å². The predicted octanol–water partition coefficient (Wildman–Crippen LogP) is 3.60. The second kappa shape index (κ2) is 3.93. The van der Waals surface area contributed by atoms with Crippen LogP contribution in [0.15, 0.2) is 23.7 Å². The molecular weight excluding hydrogens is 236 g/mol. The third-order valence-corrected chi connectivity index (χ3v) is 5.50. The third kappa shape index (κ3) is 1.80. The minimum Gasteiger partial charge on any atom is -0.368 e. The smallest absolute Gasteiger partial charge is 0.134 e. The highest BCUT2D eigenvalue weighted by molar-refractivity contribution is 8.00.